The normalized spacial score (nSPS) is 31.1. The molecule has 0 unspecified atom stereocenters. The summed E-state index contributed by atoms with van der Waals surface area (Å²) in [6.45, 7) is 6.55. The van der Waals surface area contributed by atoms with Gasteiger partial charge in [-0.05, 0) is 72.2 Å². The van der Waals surface area contributed by atoms with Crippen LogP contribution in [0, 0.1) is 11.8 Å². The lowest BCUT2D eigenvalue weighted by atomic mass is 9.58. The van der Waals surface area contributed by atoms with Crippen molar-refractivity contribution < 1.29 is 64.1 Å². The third-order valence-electron chi connectivity index (χ3n) is 10.4. The van der Waals surface area contributed by atoms with Crippen molar-refractivity contribution in [2.75, 3.05) is 45.0 Å². The van der Waals surface area contributed by atoms with Gasteiger partial charge < -0.3 is 61.4 Å². The molecule has 0 bridgehead atoms. The summed E-state index contributed by atoms with van der Waals surface area (Å²) in [6, 6.07) is 0.229. The molecule has 1 saturated heterocycles. The van der Waals surface area contributed by atoms with Gasteiger partial charge in [0, 0.05) is 36.8 Å². The fourth-order valence-corrected chi connectivity index (χ4v) is 7.84. The van der Waals surface area contributed by atoms with Gasteiger partial charge in [0.1, 0.15) is 41.5 Å². The molecule has 18 heteroatoms. The van der Waals surface area contributed by atoms with Crippen LogP contribution >= 0.6 is 0 Å². The first-order chi connectivity index (χ1) is 24.9. The molecule has 4 aliphatic rings. The predicted octanol–water partition coefficient (Wildman–Crippen LogP) is -1.63. The SMILES string of the molecule is CC(=O)[C@H]1O[C@@H](OC2=C(C(N)=O)C(=O)[C@@]3(O)C(O)=C4C(=O)c5c(O)c(NC(=O)CNC(C)(C)C)cc(N(C)C)c5C[C@H]4C[C@H]3[C@H]2N(C)C)[C@H](O)[C@@H](O)[C@@H]1O. The fourth-order valence-electron chi connectivity index (χ4n) is 7.84. The van der Waals surface area contributed by atoms with Crippen LogP contribution in [0.5, 0.6) is 5.75 Å². The molecule has 296 valence electrons. The quantitative estimate of drug-likeness (QED) is 0.101. The number of Topliss-reactive ketones (excluding diaryl/α,β-unsaturated/α-hetero) is 3. The molecule has 1 heterocycles. The molecule has 1 aromatic carbocycles. The number of fused-ring (bicyclic) bond motifs is 3. The van der Waals surface area contributed by atoms with Crippen molar-refractivity contribution in [3.63, 3.8) is 0 Å². The van der Waals surface area contributed by atoms with Crippen molar-refractivity contribution >= 4 is 40.5 Å². The highest BCUT2D eigenvalue weighted by atomic mass is 16.7. The third kappa shape index (κ3) is 6.76. The summed E-state index contributed by atoms with van der Waals surface area (Å²) in [6.07, 6.45) is -9.51. The van der Waals surface area contributed by atoms with Gasteiger partial charge in [-0.2, -0.15) is 0 Å². The molecular formula is C36H49N5O13. The van der Waals surface area contributed by atoms with E-state index in [0.717, 1.165) is 6.92 Å². The van der Waals surface area contributed by atoms with E-state index in [1.807, 2.05) is 20.8 Å². The summed E-state index contributed by atoms with van der Waals surface area (Å²) >= 11 is 0. The molecule has 5 rings (SSSR count). The number of rotatable bonds is 9. The molecule has 2 amide bonds. The van der Waals surface area contributed by atoms with Gasteiger partial charge in [-0.15, -0.1) is 0 Å². The Hall–Kier alpha value is -4.43. The standard InChI is InChI=1S/C36H49N5O13/c1-13(42)29-27(47)26(46)28(48)34(53-29)54-30-22(33(37)51)32(50)36(52)16(23(30)41(7)8)10-14-9-15-18(40(5)6)11-17(39-19(43)12-38-35(2,3)4)24(44)21(15)25(45)20(14)31(36)49/h11,14,16,23,26-29,34,38,44,46-49,52H,9-10,12H2,1-8H3,(H2,37,51)(H,39,43)/t14-,16-,23+,26-,27-,28+,29+,34-,36-/m0/s1. The summed E-state index contributed by atoms with van der Waals surface area (Å²) in [7, 11) is 6.40. The van der Waals surface area contributed by atoms with E-state index in [1.165, 1.54) is 25.1 Å². The summed E-state index contributed by atoms with van der Waals surface area (Å²) in [5.74, 6) is -9.38. The molecule has 10 N–H and O–H groups in total. The van der Waals surface area contributed by atoms with Gasteiger partial charge in [0.25, 0.3) is 5.91 Å². The Kier molecular flexibility index (Phi) is 10.8. The lowest BCUT2D eigenvalue weighted by molar-refractivity contribution is -0.283. The van der Waals surface area contributed by atoms with Crippen LogP contribution in [0.3, 0.4) is 0 Å². The first-order valence-corrected chi connectivity index (χ1v) is 17.4. The number of hydrogen-bond acceptors (Lipinski definition) is 16. The molecule has 1 aromatic rings. The number of aromatic hydroxyl groups is 1. The van der Waals surface area contributed by atoms with Gasteiger partial charge in [-0.3, -0.25) is 28.9 Å². The summed E-state index contributed by atoms with van der Waals surface area (Å²) in [5, 5.41) is 72.9. The molecule has 0 saturated carbocycles. The maximum absolute atomic E-state index is 14.4. The number of nitrogens with two attached hydrogens (primary N) is 1. The number of allylic oxidation sites excluding steroid dienone is 1. The highest BCUT2D eigenvalue weighted by Crippen LogP contribution is 2.54. The number of hydrogen-bond donors (Lipinski definition) is 9. The van der Waals surface area contributed by atoms with Crippen LogP contribution < -0.4 is 21.3 Å². The summed E-state index contributed by atoms with van der Waals surface area (Å²) < 4.78 is 11.4. The monoisotopic (exact) mass is 759 g/mol. The lowest BCUT2D eigenvalue weighted by Gasteiger charge is -2.51. The molecule has 0 aromatic heterocycles. The Balaban J connectivity index is 1.63. The molecule has 18 nitrogen and oxygen atoms in total. The maximum Gasteiger partial charge on any atom is 0.255 e. The molecular weight excluding hydrogens is 710 g/mol. The van der Waals surface area contributed by atoms with Crippen molar-refractivity contribution in [2.45, 2.75) is 88.4 Å². The van der Waals surface area contributed by atoms with Crippen molar-refractivity contribution in [3.8, 4) is 5.75 Å². The number of phenolic OH excluding ortho intramolecular Hbond substituents is 1. The Morgan fingerprint density at radius 3 is 2.22 bits per heavy atom. The molecule has 3 aliphatic carbocycles. The highest BCUT2D eigenvalue weighted by molar-refractivity contribution is 6.25. The van der Waals surface area contributed by atoms with Crippen LogP contribution in [0.15, 0.2) is 28.7 Å². The number of carbonyl (C=O) groups excluding carboxylic acids is 5. The first kappa shape index (κ1) is 40.7. The second kappa shape index (κ2) is 14.3. The number of nitrogens with zero attached hydrogens (tertiary/aromatic N) is 2. The van der Waals surface area contributed by atoms with Gasteiger partial charge >= 0.3 is 0 Å². The number of amides is 2. The number of likely N-dealkylation sites (N-methyl/N-ethyl adjacent to an activating group) is 1. The second-order valence-electron chi connectivity index (χ2n) is 15.8. The zero-order valence-corrected chi connectivity index (χ0v) is 31.3. The number of phenols is 1. The Morgan fingerprint density at radius 1 is 1.06 bits per heavy atom. The minimum Gasteiger partial charge on any atom is -0.508 e. The van der Waals surface area contributed by atoms with Crippen LogP contribution in [-0.4, -0.2) is 147 Å². The van der Waals surface area contributed by atoms with E-state index in [1.54, 1.807) is 19.0 Å². The van der Waals surface area contributed by atoms with Crippen LogP contribution in [-0.2, 0) is 35.1 Å². The van der Waals surface area contributed by atoms with Crippen LogP contribution in [0.1, 0.15) is 50.0 Å². The molecule has 9 atom stereocenters. The van der Waals surface area contributed by atoms with Gasteiger partial charge in [0.2, 0.25) is 18.0 Å². The van der Waals surface area contributed by atoms with Crippen molar-refractivity contribution in [3.05, 3.63) is 39.9 Å². The van der Waals surface area contributed by atoms with Gasteiger partial charge in [-0.25, -0.2) is 0 Å². The van der Waals surface area contributed by atoms with Crippen molar-refractivity contribution in [2.24, 2.45) is 17.6 Å². The molecule has 0 radical (unpaired) electrons. The van der Waals surface area contributed by atoms with E-state index in [0.29, 0.717) is 11.3 Å². The number of primary amides is 1. The minimum absolute atomic E-state index is 0.0136. The summed E-state index contributed by atoms with van der Waals surface area (Å²) in [5.41, 5.74) is 1.50. The van der Waals surface area contributed by atoms with E-state index in [4.69, 9.17) is 15.2 Å². The Bertz CT molecular complexity index is 1850. The van der Waals surface area contributed by atoms with Crippen LogP contribution in [0.25, 0.3) is 0 Å². The Morgan fingerprint density at radius 2 is 1.69 bits per heavy atom. The predicted molar refractivity (Wildman–Crippen MR) is 190 cm³/mol. The van der Waals surface area contributed by atoms with Crippen molar-refractivity contribution in [1.82, 2.24) is 10.2 Å². The molecule has 0 spiro atoms. The number of anilines is 2. The smallest absolute Gasteiger partial charge is 0.255 e. The lowest BCUT2D eigenvalue weighted by Crippen LogP contribution is -2.65. The van der Waals surface area contributed by atoms with E-state index in [9.17, 15) is 54.6 Å². The summed E-state index contributed by atoms with van der Waals surface area (Å²) in [4.78, 5) is 69.9. The number of carbonyl (C=O) groups is 5. The van der Waals surface area contributed by atoms with Gasteiger partial charge in [0.05, 0.1) is 23.8 Å². The topological polar surface area (TPSA) is 282 Å². The number of aliphatic hydroxyl groups is 5. The maximum atomic E-state index is 14.4. The van der Waals surface area contributed by atoms with E-state index in [2.05, 4.69) is 10.6 Å². The molecule has 1 aliphatic heterocycles. The fraction of sp³-hybridized carbons (Fsp3) is 0.583. The largest absolute Gasteiger partial charge is 0.508 e. The highest BCUT2D eigenvalue weighted by Gasteiger charge is 2.64. The van der Waals surface area contributed by atoms with E-state index < -0.39 is 112 Å². The number of ketones is 3. The van der Waals surface area contributed by atoms with E-state index in [-0.39, 0.29) is 36.2 Å². The number of benzene rings is 1. The number of nitrogens with one attached hydrogen (secondary N) is 2. The average molecular weight is 760 g/mol. The van der Waals surface area contributed by atoms with Crippen molar-refractivity contribution in [1.29, 1.82) is 0 Å². The van der Waals surface area contributed by atoms with Gasteiger partial charge in [0.15, 0.2) is 22.9 Å². The average Bonchev–Trinajstić information content (AvgIpc) is 3.05. The van der Waals surface area contributed by atoms with Crippen LogP contribution in [0.4, 0.5) is 11.4 Å². The third-order valence-corrected chi connectivity index (χ3v) is 10.4. The number of ether oxygens (including phenoxy) is 2. The number of aliphatic hydroxyl groups excluding tert-OH is 4. The zero-order valence-electron chi connectivity index (χ0n) is 31.3. The molecule has 54 heavy (non-hydrogen) atoms. The zero-order chi connectivity index (χ0) is 40.5. The Labute approximate surface area is 311 Å². The second-order valence-corrected chi connectivity index (χ2v) is 15.8. The first-order valence-electron chi connectivity index (χ1n) is 17.4. The van der Waals surface area contributed by atoms with Gasteiger partial charge in [-0.1, -0.05) is 0 Å². The molecule has 1 fully saturated rings. The van der Waals surface area contributed by atoms with Crippen LogP contribution in [0.2, 0.25) is 0 Å². The van der Waals surface area contributed by atoms with E-state index >= 15 is 0 Å². The minimum atomic E-state index is -2.93.